The van der Waals surface area contributed by atoms with Gasteiger partial charge in [0, 0.05) is 25.7 Å². The molecular formula is C13H18FNO3. The average molecular weight is 255 g/mol. The molecule has 4 nitrogen and oxygen atoms in total. The summed E-state index contributed by atoms with van der Waals surface area (Å²) < 4.78 is 18.9. The van der Waals surface area contributed by atoms with E-state index in [1.165, 1.54) is 30.0 Å². The third-order valence-electron chi connectivity index (χ3n) is 2.52. The van der Waals surface area contributed by atoms with Crippen molar-refractivity contribution >= 4 is 5.91 Å². The fourth-order valence-electron chi connectivity index (χ4n) is 1.54. The van der Waals surface area contributed by atoms with Crippen LogP contribution in [0.3, 0.4) is 0 Å². The van der Waals surface area contributed by atoms with E-state index in [0.717, 1.165) is 0 Å². The monoisotopic (exact) mass is 255 g/mol. The molecule has 0 fully saturated rings. The highest BCUT2D eigenvalue weighted by molar-refractivity contribution is 5.80. The largest absolute Gasteiger partial charge is 0.481 e. The highest BCUT2D eigenvalue weighted by atomic mass is 19.1. The van der Waals surface area contributed by atoms with Crippen molar-refractivity contribution in [2.24, 2.45) is 0 Å². The minimum atomic E-state index is -0.875. The number of carbonyl (C=O) groups excluding carboxylic acids is 1. The lowest BCUT2D eigenvalue weighted by molar-refractivity contribution is -0.135. The highest BCUT2D eigenvalue weighted by Crippen LogP contribution is 2.22. The number of halogens is 1. The first-order valence-corrected chi connectivity index (χ1v) is 5.68. The van der Waals surface area contributed by atoms with Gasteiger partial charge < -0.3 is 14.7 Å². The Bertz CT molecular complexity index is 432. The number of nitrogens with zero attached hydrogens (tertiary/aromatic N) is 1. The molecule has 2 atom stereocenters. The third kappa shape index (κ3) is 3.43. The Morgan fingerprint density at radius 2 is 2.00 bits per heavy atom. The van der Waals surface area contributed by atoms with Crippen molar-refractivity contribution in [3.05, 3.63) is 29.6 Å². The average Bonchev–Trinajstić information content (AvgIpc) is 2.27. The van der Waals surface area contributed by atoms with Crippen molar-refractivity contribution < 1.29 is 19.0 Å². The van der Waals surface area contributed by atoms with E-state index in [1.54, 1.807) is 21.0 Å². The zero-order valence-corrected chi connectivity index (χ0v) is 11.0. The minimum absolute atomic E-state index is 0.199. The van der Waals surface area contributed by atoms with Gasteiger partial charge in [-0.3, -0.25) is 4.79 Å². The van der Waals surface area contributed by atoms with Crippen molar-refractivity contribution in [1.82, 2.24) is 4.90 Å². The van der Waals surface area contributed by atoms with Crippen LogP contribution in [0.1, 0.15) is 25.5 Å². The number of hydrogen-bond acceptors (Lipinski definition) is 3. The molecule has 1 aromatic rings. The lowest BCUT2D eigenvalue weighted by atomic mass is 10.1. The lowest BCUT2D eigenvalue weighted by Gasteiger charge is -2.18. The van der Waals surface area contributed by atoms with Gasteiger partial charge in [-0.05, 0) is 26.0 Å². The van der Waals surface area contributed by atoms with E-state index >= 15 is 0 Å². The van der Waals surface area contributed by atoms with Crippen LogP contribution in [0.2, 0.25) is 0 Å². The molecule has 0 saturated carbocycles. The molecule has 0 spiro atoms. The number of aliphatic hydroxyl groups excluding tert-OH is 1. The molecule has 0 heterocycles. The van der Waals surface area contributed by atoms with Gasteiger partial charge in [0.05, 0.1) is 6.10 Å². The van der Waals surface area contributed by atoms with Crippen LogP contribution in [-0.2, 0) is 4.79 Å². The maximum absolute atomic E-state index is 13.6. The first kappa shape index (κ1) is 14.4. The van der Waals surface area contributed by atoms with E-state index in [9.17, 15) is 14.3 Å². The molecule has 18 heavy (non-hydrogen) atoms. The highest BCUT2D eigenvalue weighted by Gasteiger charge is 2.17. The molecule has 0 saturated heterocycles. The minimum Gasteiger partial charge on any atom is -0.481 e. The van der Waals surface area contributed by atoms with Crippen molar-refractivity contribution in [3.8, 4) is 5.75 Å². The molecule has 2 unspecified atom stereocenters. The predicted molar refractivity (Wildman–Crippen MR) is 65.8 cm³/mol. The Morgan fingerprint density at radius 1 is 1.39 bits per heavy atom. The lowest BCUT2D eigenvalue weighted by Crippen LogP contribution is -2.35. The Kier molecular flexibility index (Phi) is 4.67. The SMILES string of the molecule is CC(Oc1ccc(C(C)O)c(F)c1)C(=O)N(C)C. The van der Waals surface area contributed by atoms with Crippen LogP contribution in [0, 0.1) is 5.82 Å². The van der Waals surface area contributed by atoms with Crippen LogP contribution in [0.5, 0.6) is 5.75 Å². The molecule has 0 aliphatic carbocycles. The van der Waals surface area contributed by atoms with E-state index in [0.29, 0.717) is 0 Å². The van der Waals surface area contributed by atoms with Gasteiger partial charge in [-0.15, -0.1) is 0 Å². The van der Waals surface area contributed by atoms with Crippen molar-refractivity contribution in [3.63, 3.8) is 0 Å². The fraction of sp³-hybridized carbons (Fsp3) is 0.462. The van der Waals surface area contributed by atoms with Gasteiger partial charge in [0.2, 0.25) is 0 Å². The maximum atomic E-state index is 13.6. The van der Waals surface area contributed by atoms with E-state index in [-0.39, 0.29) is 17.2 Å². The Labute approximate surface area is 106 Å². The van der Waals surface area contributed by atoms with Crippen LogP contribution < -0.4 is 4.74 Å². The number of rotatable bonds is 4. The second-order valence-corrected chi connectivity index (χ2v) is 4.35. The molecule has 1 amide bonds. The molecule has 0 aliphatic heterocycles. The summed E-state index contributed by atoms with van der Waals surface area (Å²) in [5.74, 6) is -0.485. The second kappa shape index (κ2) is 5.82. The van der Waals surface area contributed by atoms with Crippen molar-refractivity contribution in [2.75, 3.05) is 14.1 Å². The first-order valence-electron chi connectivity index (χ1n) is 5.68. The molecule has 1 N–H and O–H groups in total. The normalized spacial score (nSPS) is 13.9. The molecule has 5 heteroatoms. The zero-order valence-electron chi connectivity index (χ0n) is 11.0. The standard InChI is InChI=1S/C13H18FNO3/c1-8(16)11-6-5-10(7-12(11)14)18-9(2)13(17)15(3)4/h5-9,16H,1-4H3. The quantitative estimate of drug-likeness (QED) is 0.891. The van der Waals surface area contributed by atoms with Gasteiger partial charge in [0.15, 0.2) is 6.10 Å². The van der Waals surface area contributed by atoms with Gasteiger partial charge in [-0.25, -0.2) is 4.39 Å². The molecular weight excluding hydrogens is 237 g/mol. The van der Waals surface area contributed by atoms with E-state index in [4.69, 9.17) is 4.74 Å². The number of ether oxygens (including phenoxy) is 1. The Morgan fingerprint density at radius 3 is 2.44 bits per heavy atom. The summed E-state index contributed by atoms with van der Waals surface area (Å²) in [6.45, 7) is 3.08. The van der Waals surface area contributed by atoms with Crippen LogP contribution in [0.25, 0.3) is 0 Å². The van der Waals surface area contributed by atoms with Gasteiger partial charge in [0.1, 0.15) is 11.6 Å². The molecule has 0 bridgehead atoms. The van der Waals surface area contributed by atoms with E-state index in [1.807, 2.05) is 0 Å². The summed E-state index contributed by atoms with van der Waals surface area (Å²) in [5, 5.41) is 9.30. The van der Waals surface area contributed by atoms with Crippen LogP contribution >= 0.6 is 0 Å². The van der Waals surface area contributed by atoms with Gasteiger partial charge in [0.25, 0.3) is 5.91 Å². The fourth-order valence-corrected chi connectivity index (χ4v) is 1.54. The summed E-state index contributed by atoms with van der Waals surface area (Å²) in [7, 11) is 3.25. The van der Waals surface area contributed by atoms with Crippen molar-refractivity contribution in [1.29, 1.82) is 0 Å². The number of aliphatic hydroxyl groups is 1. The van der Waals surface area contributed by atoms with Crippen molar-refractivity contribution in [2.45, 2.75) is 26.1 Å². The first-order chi connectivity index (χ1) is 8.32. The van der Waals surface area contributed by atoms with Crippen LogP contribution in [0.15, 0.2) is 18.2 Å². The van der Waals surface area contributed by atoms with Gasteiger partial charge in [-0.2, -0.15) is 0 Å². The Hall–Kier alpha value is -1.62. The maximum Gasteiger partial charge on any atom is 0.262 e. The second-order valence-electron chi connectivity index (χ2n) is 4.35. The smallest absolute Gasteiger partial charge is 0.262 e. The molecule has 1 aromatic carbocycles. The molecule has 0 radical (unpaired) electrons. The van der Waals surface area contributed by atoms with E-state index < -0.39 is 18.0 Å². The summed E-state index contributed by atoms with van der Waals surface area (Å²) in [4.78, 5) is 13.0. The Balaban J connectivity index is 2.81. The third-order valence-corrected chi connectivity index (χ3v) is 2.52. The number of hydrogen-bond donors (Lipinski definition) is 1. The molecule has 0 aromatic heterocycles. The predicted octanol–water partition coefficient (Wildman–Crippen LogP) is 1.73. The molecule has 100 valence electrons. The number of benzene rings is 1. The summed E-state index contributed by atoms with van der Waals surface area (Å²) >= 11 is 0. The molecule has 1 rings (SSSR count). The van der Waals surface area contributed by atoms with Crippen LogP contribution in [-0.4, -0.2) is 36.1 Å². The topological polar surface area (TPSA) is 49.8 Å². The van der Waals surface area contributed by atoms with Crippen LogP contribution in [0.4, 0.5) is 4.39 Å². The summed E-state index contributed by atoms with van der Waals surface area (Å²) in [6, 6.07) is 4.15. The zero-order chi connectivity index (χ0) is 13.9. The van der Waals surface area contributed by atoms with Gasteiger partial charge in [-0.1, -0.05) is 0 Å². The van der Waals surface area contributed by atoms with Gasteiger partial charge >= 0.3 is 0 Å². The number of amides is 1. The summed E-state index contributed by atoms with van der Waals surface area (Å²) in [6.07, 6.45) is -1.56. The number of likely N-dealkylation sites (N-methyl/N-ethyl adjacent to an activating group) is 1. The number of carbonyl (C=O) groups is 1. The van der Waals surface area contributed by atoms with E-state index in [2.05, 4.69) is 0 Å². The summed E-state index contributed by atoms with van der Waals surface area (Å²) in [5.41, 5.74) is 0.203. The molecule has 0 aliphatic rings.